The molecule has 5 heteroatoms. The van der Waals surface area contributed by atoms with Crippen molar-refractivity contribution in [3.63, 3.8) is 0 Å². The number of aryl methyl sites for hydroxylation is 2. The number of aromatic nitrogens is 3. The van der Waals surface area contributed by atoms with E-state index in [9.17, 15) is 4.79 Å². The average Bonchev–Trinajstić information content (AvgIpc) is 2.82. The van der Waals surface area contributed by atoms with Crippen molar-refractivity contribution in [2.24, 2.45) is 0 Å². The summed E-state index contributed by atoms with van der Waals surface area (Å²) >= 11 is 0. The topological polar surface area (TPSA) is 67.5 Å². The highest BCUT2D eigenvalue weighted by atomic mass is 16.4. The van der Waals surface area contributed by atoms with Gasteiger partial charge in [0.15, 0.2) is 11.3 Å². The molecule has 1 N–H and O–H groups in total. The lowest BCUT2D eigenvalue weighted by molar-refractivity contribution is 0.0690. The summed E-state index contributed by atoms with van der Waals surface area (Å²) in [4.78, 5) is 15.0. The number of fused-ring (bicyclic) bond motifs is 3. The summed E-state index contributed by atoms with van der Waals surface area (Å²) in [5.41, 5.74) is 2.96. The summed E-state index contributed by atoms with van der Waals surface area (Å²) in [6.45, 7) is 0. The number of rotatable bonds is 1. The van der Waals surface area contributed by atoms with Gasteiger partial charge in [0, 0.05) is 18.0 Å². The maximum absolute atomic E-state index is 10.8. The fourth-order valence-corrected chi connectivity index (χ4v) is 2.04. The molecular formula is C10H9N3O2. The van der Waals surface area contributed by atoms with E-state index in [4.69, 9.17) is 5.11 Å². The Morgan fingerprint density at radius 3 is 3.13 bits per heavy atom. The van der Waals surface area contributed by atoms with E-state index in [1.54, 1.807) is 4.52 Å². The molecule has 0 radical (unpaired) electrons. The third-order valence-corrected chi connectivity index (χ3v) is 2.75. The Morgan fingerprint density at radius 2 is 2.33 bits per heavy atom. The normalized spacial score (nSPS) is 14.4. The third-order valence-electron chi connectivity index (χ3n) is 2.75. The minimum atomic E-state index is -1.01. The van der Waals surface area contributed by atoms with Crippen LogP contribution in [0.25, 0.3) is 5.65 Å². The first-order valence-electron chi connectivity index (χ1n) is 4.85. The minimum absolute atomic E-state index is 0.0581. The van der Waals surface area contributed by atoms with Crippen LogP contribution in [0.3, 0.4) is 0 Å². The van der Waals surface area contributed by atoms with Crippen LogP contribution in [0.4, 0.5) is 0 Å². The average molecular weight is 203 g/mol. The van der Waals surface area contributed by atoms with Gasteiger partial charge < -0.3 is 5.11 Å². The second-order valence-electron chi connectivity index (χ2n) is 3.69. The third kappa shape index (κ3) is 1.12. The molecule has 15 heavy (non-hydrogen) atoms. The van der Waals surface area contributed by atoms with E-state index in [0.29, 0.717) is 5.65 Å². The lowest BCUT2D eigenvalue weighted by Crippen LogP contribution is -2.01. The standard InChI is InChI=1S/C10H9N3O2/c14-10(15)7-4-9-11-5-6-2-1-3-8(6)13(9)12-7/h4-5H,1-3H2,(H,14,15). The predicted octanol–water partition coefficient (Wildman–Crippen LogP) is 0.916. The van der Waals surface area contributed by atoms with Crippen molar-refractivity contribution in [3.05, 3.63) is 29.2 Å². The van der Waals surface area contributed by atoms with Crippen LogP contribution >= 0.6 is 0 Å². The van der Waals surface area contributed by atoms with Crippen LogP contribution in [-0.4, -0.2) is 25.7 Å². The van der Waals surface area contributed by atoms with Gasteiger partial charge in [-0.1, -0.05) is 0 Å². The van der Waals surface area contributed by atoms with E-state index >= 15 is 0 Å². The highest BCUT2D eigenvalue weighted by molar-refractivity contribution is 5.86. The summed E-state index contributed by atoms with van der Waals surface area (Å²) in [5.74, 6) is -1.01. The molecule has 0 bridgehead atoms. The van der Waals surface area contributed by atoms with Crippen molar-refractivity contribution in [2.75, 3.05) is 0 Å². The number of hydrogen-bond donors (Lipinski definition) is 1. The molecule has 2 aromatic heterocycles. The Balaban J connectivity index is 2.31. The Kier molecular flexibility index (Phi) is 1.56. The van der Waals surface area contributed by atoms with E-state index in [2.05, 4.69) is 10.1 Å². The van der Waals surface area contributed by atoms with Crippen LogP contribution in [0.5, 0.6) is 0 Å². The van der Waals surface area contributed by atoms with Gasteiger partial charge in [-0.2, -0.15) is 5.10 Å². The minimum Gasteiger partial charge on any atom is -0.476 e. The van der Waals surface area contributed by atoms with Crippen LogP contribution in [0.1, 0.15) is 28.2 Å². The van der Waals surface area contributed by atoms with E-state index < -0.39 is 5.97 Å². The zero-order valence-corrected chi connectivity index (χ0v) is 7.97. The lowest BCUT2D eigenvalue weighted by atomic mass is 10.3. The quantitative estimate of drug-likeness (QED) is 0.748. The second-order valence-corrected chi connectivity index (χ2v) is 3.69. The van der Waals surface area contributed by atoms with E-state index in [1.807, 2.05) is 6.20 Å². The van der Waals surface area contributed by atoms with Crippen molar-refractivity contribution >= 4 is 11.6 Å². The van der Waals surface area contributed by atoms with Crippen molar-refractivity contribution in [2.45, 2.75) is 19.3 Å². The molecular weight excluding hydrogens is 194 g/mol. The Hall–Kier alpha value is -1.91. The molecule has 0 saturated carbocycles. The number of carboxylic acid groups (broad SMARTS) is 1. The molecule has 0 atom stereocenters. The molecule has 5 nitrogen and oxygen atoms in total. The van der Waals surface area contributed by atoms with Crippen LogP contribution in [0.2, 0.25) is 0 Å². The van der Waals surface area contributed by atoms with E-state index in [-0.39, 0.29) is 5.69 Å². The number of carboxylic acids is 1. The van der Waals surface area contributed by atoms with Crippen LogP contribution < -0.4 is 0 Å². The van der Waals surface area contributed by atoms with Gasteiger partial charge in [0.2, 0.25) is 0 Å². The van der Waals surface area contributed by atoms with E-state index in [0.717, 1.165) is 25.0 Å². The van der Waals surface area contributed by atoms with E-state index in [1.165, 1.54) is 11.6 Å². The Morgan fingerprint density at radius 1 is 1.47 bits per heavy atom. The van der Waals surface area contributed by atoms with Gasteiger partial charge in [0.25, 0.3) is 0 Å². The summed E-state index contributed by atoms with van der Waals surface area (Å²) in [7, 11) is 0. The van der Waals surface area contributed by atoms with Crippen LogP contribution in [0, 0.1) is 0 Å². The SMILES string of the molecule is O=C(O)c1cc2ncc3c(n2n1)CCC3. The number of carbonyl (C=O) groups is 1. The predicted molar refractivity (Wildman–Crippen MR) is 52.0 cm³/mol. The Labute approximate surface area is 85.4 Å². The molecule has 0 fully saturated rings. The van der Waals surface area contributed by atoms with Crippen molar-refractivity contribution in [1.82, 2.24) is 14.6 Å². The summed E-state index contributed by atoms with van der Waals surface area (Å²) in [6.07, 6.45) is 4.89. The molecule has 2 heterocycles. The van der Waals surface area contributed by atoms with Gasteiger partial charge in [0.05, 0.1) is 0 Å². The summed E-state index contributed by atoms with van der Waals surface area (Å²) < 4.78 is 1.66. The highest BCUT2D eigenvalue weighted by Gasteiger charge is 2.18. The fourth-order valence-electron chi connectivity index (χ4n) is 2.04. The smallest absolute Gasteiger partial charge is 0.356 e. The molecule has 1 aliphatic carbocycles. The maximum atomic E-state index is 10.8. The molecule has 0 aliphatic heterocycles. The first-order chi connectivity index (χ1) is 7.25. The van der Waals surface area contributed by atoms with Crippen LogP contribution in [-0.2, 0) is 12.8 Å². The first-order valence-corrected chi connectivity index (χ1v) is 4.85. The Bertz CT molecular complexity index is 559. The first kappa shape index (κ1) is 8.40. The van der Waals surface area contributed by atoms with Gasteiger partial charge in [-0.05, 0) is 24.8 Å². The van der Waals surface area contributed by atoms with Crippen molar-refractivity contribution in [1.29, 1.82) is 0 Å². The zero-order valence-electron chi connectivity index (χ0n) is 7.97. The van der Waals surface area contributed by atoms with Crippen molar-refractivity contribution in [3.8, 4) is 0 Å². The molecule has 3 rings (SSSR count). The molecule has 2 aromatic rings. The molecule has 0 aromatic carbocycles. The van der Waals surface area contributed by atoms with Gasteiger partial charge in [-0.15, -0.1) is 0 Å². The molecule has 0 spiro atoms. The zero-order chi connectivity index (χ0) is 10.4. The molecule has 1 aliphatic rings. The maximum Gasteiger partial charge on any atom is 0.356 e. The highest BCUT2D eigenvalue weighted by Crippen LogP contribution is 2.21. The second kappa shape index (κ2) is 2.79. The van der Waals surface area contributed by atoms with Gasteiger partial charge >= 0.3 is 5.97 Å². The number of hydrogen-bond acceptors (Lipinski definition) is 3. The fraction of sp³-hybridized carbons (Fsp3) is 0.300. The molecule has 0 saturated heterocycles. The van der Waals surface area contributed by atoms with Gasteiger partial charge in [-0.3, -0.25) is 0 Å². The molecule has 76 valence electrons. The monoisotopic (exact) mass is 203 g/mol. The lowest BCUT2D eigenvalue weighted by Gasteiger charge is -2.00. The summed E-state index contributed by atoms with van der Waals surface area (Å²) in [5, 5.41) is 12.9. The van der Waals surface area contributed by atoms with Crippen LogP contribution in [0.15, 0.2) is 12.3 Å². The molecule has 0 unspecified atom stereocenters. The largest absolute Gasteiger partial charge is 0.476 e. The summed E-state index contributed by atoms with van der Waals surface area (Å²) in [6, 6.07) is 1.50. The number of aromatic carboxylic acids is 1. The number of nitrogens with zero attached hydrogens (tertiary/aromatic N) is 3. The molecule has 0 amide bonds. The van der Waals surface area contributed by atoms with Gasteiger partial charge in [0.1, 0.15) is 0 Å². The van der Waals surface area contributed by atoms with Gasteiger partial charge in [-0.25, -0.2) is 14.3 Å². The van der Waals surface area contributed by atoms with Crippen molar-refractivity contribution < 1.29 is 9.90 Å².